The van der Waals surface area contributed by atoms with Crippen molar-refractivity contribution in [2.45, 2.75) is 24.7 Å². The summed E-state index contributed by atoms with van der Waals surface area (Å²) in [5.41, 5.74) is 1.98. The van der Waals surface area contributed by atoms with Crippen LogP contribution >= 0.6 is 11.8 Å². The Morgan fingerprint density at radius 3 is 2.25 bits per heavy atom. The zero-order valence-electron chi connectivity index (χ0n) is 17.7. The van der Waals surface area contributed by atoms with Gasteiger partial charge in [0.1, 0.15) is 5.75 Å². The summed E-state index contributed by atoms with van der Waals surface area (Å²) in [5, 5.41) is 12.3. The van der Waals surface area contributed by atoms with E-state index in [-0.39, 0.29) is 17.8 Å². The van der Waals surface area contributed by atoms with Crippen molar-refractivity contribution in [3.63, 3.8) is 0 Å². The number of hydrogen-bond acceptors (Lipinski definition) is 5. The molecule has 0 saturated heterocycles. The van der Waals surface area contributed by atoms with E-state index in [4.69, 9.17) is 4.74 Å². The van der Waals surface area contributed by atoms with E-state index in [9.17, 15) is 4.79 Å². The number of thioether (sulfide) groups is 1. The summed E-state index contributed by atoms with van der Waals surface area (Å²) in [5.74, 6) is 1.62. The largest absolute Gasteiger partial charge is 0.483 e. The van der Waals surface area contributed by atoms with Crippen LogP contribution in [0.4, 0.5) is 0 Å². The molecule has 4 aromatic rings. The molecule has 1 heterocycles. The Morgan fingerprint density at radius 2 is 1.56 bits per heavy atom. The van der Waals surface area contributed by atoms with Crippen LogP contribution in [0.3, 0.4) is 0 Å². The van der Waals surface area contributed by atoms with E-state index in [1.54, 1.807) is 0 Å². The van der Waals surface area contributed by atoms with Gasteiger partial charge in [-0.25, -0.2) is 0 Å². The van der Waals surface area contributed by atoms with E-state index in [0.29, 0.717) is 17.5 Å². The number of hydrogen-bond donors (Lipinski definition) is 1. The van der Waals surface area contributed by atoms with Crippen molar-refractivity contribution in [3.05, 3.63) is 102 Å². The first-order valence-corrected chi connectivity index (χ1v) is 11.3. The highest BCUT2D eigenvalue weighted by molar-refractivity contribution is 7.99. The van der Waals surface area contributed by atoms with Gasteiger partial charge in [0, 0.05) is 12.2 Å². The number of ether oxygens (including phenoxy) is 1. The maximum Gasteiger partial charge on any atom is 0.230 e. The summed E-state index contributed by atoms with van der Waals surface area (Å²) in [6.45, 7) is 2.44. The lowest BCUT2D eigenvalue weighted by Crippen LogP contribution is -2.24. The zero-order chi connectivity index (χ0) is 22.2. The molecule has 0 spiro atoms. The van der Waals surface area contributed by atoms with E-state index in [0.717, 1.165) is 17.0 Å². The van der Waals surface area contributed by atoms with Crippen molar-refractivity contribution in [2.75, 3.05) is 5.75 Å². The molecule has 1 N–H and O–H groups in total. The second kappa shape index (κ2) is 10.6. The Bertz CT molecular complexity index is 1130. The average Bonchev–Trinajstić information content (AvgIpc) is 3.27. The number of aromatic nitrogens is 3. The Kier molecular flexibility index (Phi) is 7.19. The summed E-state index contributed by atoms with van der Waals surface area (Å²) in [6.07, 6.45) is -0.327. The fourth-order valence-corrected chi connectivity index (χ4v) is 3.98. The monoisotopic (exact) mass is 444 g/mol. The van der Waals surface area contributed by atoms with Crippen LogP contribution in [-0.2, 0) is 11.3 Å². The highest BCUT2D eigenvalue weighted by Crippen LogP contribution is 2.27. The first-order chi connectivity index (χ1) is 15.7. The van der Waals surface area contributed by atoms with Gasteiger partial charge < -0.3 is 10.1 Å². The Hall–Kier alpha value is -3.58. The second-order valence-electron chi connectivity index (χ2n) is 7.14. The lowest BCUT2D eigenvalue weighted by atomic mass is 10.2. The number of rotatable bonds is 9. The number of amides is 1. The molecule has 0 aliphatic carbocycles. The Morgan fingerprint density at radius 1 is 0.938 bits per heavy atom. The fourth-order valence-electron chi connectivity index (χ4n) is 3.19. The summed E-state index contributed by atoms with van der Waals surface area (Å²) in [4.78, 5) is 12.4. The highest BCUT2D eigenvalue weighted by atomic mass is 32.2. The van der Waals surface area contributed by atoms with Crippen molar-refractivity contribution in [3.8, 4) is 11.4 Å². The zero-order valence-corrected chi connectivity index (χ0v) is 18.5. The number of benzene rings is 3. The van der Waals surface area contributed by atoms with Gasteiger partial charge in [0.05, 0.1) is 5.75 Å². The number of nitrogens with zero attached hydrogens (tertiary/aromatic N) is 3. The predicted octanol–water partition coefficient (Wildman–Crippen LogP) is 4.82. The molecular formula is C25H24N4O2S. The molecule has 7 heteroatoms. The van der Waals surface area contributed by atoms with E-state index in [1.165, 1.54) is 11.8 Å². The molecule has 162 valence electrons. The van der Waals surface area contributed by atoms with Crippen molar-refractivity contribution in [2.24, 2.45) is 0 Å². The topological polar surface area (TPSA) is 69.0 Å². The van der Waals surface area contributed by atoms with Gasteiger partial charge in [0.2, 0.25) is 5.91 Å². The van der Waals surface area contributed by atoms with Gasteiger partial charge >= 0.3 is 0 Å². The lowest BCUT2D eigenvalue weighted by molar-refractivity contribution is -0.118. The molecule has 1 amide bonds. The first kappa shape index (κ1) is 21.6. The number of para-hydroxylation sites is 2. The summed E-state index contributed by atoms with van der Waals surface area (Å²) < 4.78 is 8.02. The quantitative estimate of drug-likeness (QED) is 0.375. The number of carbonyl (C=O) groups excluding carboxylic acids is 1. The molecule has 6 nitrogen and oxygen atoms in total. The Labute approximate surface area is 191 Å². The van der Waals surface area contributed by atoms with Gasteiger partial charge in [-0.15, -0.1) is 10.2 Å². The molecule has 0 saturated carbocycles. The maximum absolute atomic E-state index is 12.4. The summed E-state index contributed by atoms with van der Waals surface area (Å²) >= 11 is 1.35. The van der Waals surface area contributed by atoms with Gasteiger partial charge in [0.25, 0.3) is 0 Å². The van der Waals surface area contributed by atoms with Gasteiger partial charge in [-0.2, -0.15) is 0 Å². The molecule has 0 bridgehead atoms. The number of nitrogens with one attached hydrogen (secondary N) is 1. The maximum atomic E-state index is 12.4. The molecule has 0 aliphatic rings. The van der Waals surface area contributed by atoms with Gasteiger partial charge in [-0.05, 0) is 36.8 Å². The number of carbonyl (C=O) groups is 1. The molecule has 0 fully saturated rings. The standard InChI is InChI=1S/C25H24N4O2S/c1-19(31-22-15-9-4-10-16-22)24-27-28-25(29(24)21-13-7-3-8-14-21)32-18-23(30)26-17-20-11-5-2-6-12-20/h2-16,19H,17-18H2,1H3,(H,26,30). The van der Waals surface area contributed by atoms with Gasteiger partial charge in [-0.3, -0.25) is 9.36 Å². The molecule has 0 radical (unpaired) electrons. The molecule has 1 aromatic heterocycles. The van der Waals surface area contributed by atoms with Crippen molar-refractivity contribution in [1.29, 1.82) is 0 Å². The van der Waals surface area contributed by atoms with Crippen LogP contribution in [0, 0.1) is 0 Å². The molecular weight excluding hydrogens is 420 g/mol. The minimum absolute atomic E-state index is 0.0587. The third kappa shape index (κ3) is 5.56. The van der Waals surface area contributed by atoms with Crippen LogP contribution in [0.5, 0.6) is 5.75 Å². The van der Waals surface area contributed by atoms with Gasteiger partial charge in [0.15, 0.2) is 17.1 Å². The third-order valence-corrected chi connectivity index (χ3v) is 5.69. The Balaban J connectivity index is 1.48. The second-order valence-corrected chi connectivity index (χ2v) is 8.08. The minimum atomic E-state index is -0.327. The average molecular weight is 445 g/mol. The highest BCUT2D eigenvalue weighted by Gasteiger charge is 2.21. The van der Waals surface area contributed by atoms with Crippen LogP contribution in [0.25, 0.3) is 5.69 Å². The smallest absolute Gasteiger partial charge is 0.230 e. The SMILES string of the molecule is CC(Oc1ccccc1)c1nnc(SCC(=O)NCc2ccccc2)n1-c1ccccc1. The first-order valence-electron chi connectivity index (χ1n) is 10.4. The van der Waals surface area contributed by atoms with Crippen LogP contribution < -0.4 is 10.1 Å². The van der Waals surface area contributed by atoms with Crippen LogP contribution in [0.15, 0.2) is 96.2 Å². The van der Waals surface area contributed by atoms with E-state index in [2.05, 4.69) is 15.5 Å². The molecule has 1 atom stereocenters. The summed E-state index contributed by atoms with van der Waals surface area (Å²) in [6, 6.07) is 29.3. The predicted molar refractivity (Wildman–Crippen MR) is 126 cm³/mol. The lowest BCUT2D eigenvalue weighted by Gasteiger charge is -2.16. The molecule has 3 aromatic carbocycles. The molecule has 32 heavy (non-hydrogen) atoms. The van der Waals surface area contributed by atoms with Crippen LogP contribution in [0.2, 0.25) is 0 Å². The van der Waals surface area contributed by atoms with Gasteiger partial charge in [-0.1, -0.05) is 78.5 Å². The van der Waals surface area contributed by atoms with E-state index < -0.39 is 0 Å². The summed E-state index contributed by atoms with van der Waals surface area (Å²) in [7, 11) is 0. The van der Waals surface area contributed by atoms with E-state index >= 15 is 0 Å². The van der Waals surface area contributed by atoms with Crippen LogP contribution in [0.1, 0.15) is 24.4 Å². The fraction of sp³-hybridized carbons (Fsp3) is 0.160. The molecule has 0 aliphatic heterocycles. The van der Waals surface area contributed by atoms with Crippen molar-refractivity contribution in [1.82, 2.24) is 20.1 Å². The normalized spacial score (nSPS) is 11.7. The molecule has 1 unspecified atom stereocenters. The molecule has 4 rings (SSSR count). The van der Waals surface area contributed by atoms with Crippen LogP contribution in [-0.4, -0.2) is 26.4 Å². The third-order valence-electron chi connectivity index (χ3n) is 4.76. The van der Waals surface area contributed by atoms with Crippen molar-refractivity contribution < 1.29 is 9.53 Å². The van der Waals surface area contributed by atoms with Crippen molar-refractivity contribution >= 4 is 17.7 Å². The van der Waals surface area contributed by atoms with E-state index in [1.807, 2.05) is 102 Å². The minimum Gasteiger partial charge on any atom is -0.483 e.